The van der Waals surface area contributed by atoms with Gasteiger partial charge in [0.25, 0.3) is 0 Å². The molecule has 35 heavy (non-hydrogen) atoms. The van der Waals surface area contributed by atoms with E-state index in [0.29, 0.717) is 23.6 Å². The van der Waals surface area contributed by atoms with Gasteiger partial charge < -0.3 is 15.0 Å². The highest BCUT2D eigenvalue weighted by Gasteiger charge is 2.45. The van der Waals surface area contributed by atoms with Crippen LogP contribution in [0.1, 0.15) is 42.5 Å². The fraction of sp³-hybridized carbons (Fsp3) is 0.360. The first-order valence-corrected chi connectivity index (χ1v) is 11.3. The molecule has 3 aromatic rings. The third-order valence-electron chi connectivity index (χ3n) is 6.02. The van der Waals surface area contributed by atoms with E-state index in [1.807, 2.05) is 51.0 Å². The zero-order chi connectivity index (χ0) is 25.2. The molecule has 1 unspecified atom stereocenters. The zero-order valence-corrected chi connectivity index (χ0v) is 20.2. The van der Waals surface area contributed by atoms with E-state index in [1.54, 1.807) is 23.2 Å². The number of fused-ring (bicyclic) bond motifs is 1. The number of benzene rings is 1. The lowest BCUT2D eigenvalue weighted by Crippen LogP contribution is -2.42. The number of carbonyl (C=O) groups excluding carboxylic acids is 2. The van der Waals surface area contributed by atoms with E-state index in [9.17, 15) is 14.0 Å². The molecule has 1 aliphatic heterocycles. The summed E-state index contributed by atoms with van der Waals surface area (Å²) in [5, 5.41) is 10.0. The van der Waals surface area contributed by atoms with Crippen LogP contribution in [-0.2, 0) is 28.0 Å². The fourth-order valence-corrected chi connectivity index (χ4v) is 4.15. The van der Waals surface area contributed by atoms with Crippen LogP contribution in [0.4, 0.5) is 15.0 Å². The van der Waals surface area contributed by atoms with Gasteiger partial charge in [-0.15, -0.1) is 0 Å². The first-order chi connectivity index (χ1) is 16.6. The van der Waals surface area contributed by atoms with Gasteiger partial charge in [0.1, 0.15) is 5.82 Å². The maximum atomic E-state index is 13.3. The minimum Gasteiger partial charge on any atom is -0.438 e. The molecular weight excluding hydrogens is 451 g/mol. The van der Waals surface area contributed by atoms with E-state index in [2.05, 4.69) is 20.5 Å². The lowest BCUT2D eigenvalue weighted by molar-refractivity contribution is -0.115. The van der Waals surface area contributed by atoms with Crippen LogP contribution in [-0.4, -0.2) is 57.6 Å². The molecule has 1 atom stereocenters. The molecule has 1 aliphatic rings. The van der Waals surface area contributed by atoms with Crippen molar-refractivity contribution in [1.82, 2.24) is 25.0 Å². The van der Waals surface area contributed by atoms with Crippen molar-refractivity contribution in [1.29, 1.82) is 0 Å². The molecule has 9 nitrogen and oxygen atoms in total. The van der Waals surface area contributed by atoms with Crippen LogP contribution in [0, 0.1) is 5.82 Å². The number of pyridine rings is 1. The second kappa shape index (κ2) is 9.83. The number of hydrogen-bond donors (Lipinski definition) is 2. The molecule has 2 amide bonds. The molecule has 3 heterocycles. The number of ether oxygens (including phenoxy) is 1. The van der Waals surface area contributed by atoms with Crippen LogP contribution in [0.2, 0.25) is 0 Å². The van der Waals surface area contributed by atoms with Gasteiger partial charge in [-0.25, -0.2) is 9.18 Å². The molecule has 0 aliphatic carbocycles. The topological polar surface area (TPSA) is 103 Å². The van der Waals surface area contributed by atoms with Gasteiger partial charge in [0, 0.05) is 18.3 Å². The van der Waals surface area contributed by atoms with Crippen LogP contribution in [0.5, 0.6) is 0 Å². The van der Waals surface area contributed by atoms with E-state index in [-0.39, 0.29) is 24.7 Å². The number of H-pyrrole nitrogens is 1. The largest absolute Gasteiger partial charge is 0.438 e. The first kappa shape index (κ1) is 24.3. The van der Waals surface area contributed by atoms with E-state index in [1.165, 1.54) is 12.1 Å². The molecule has 4 rings (SSSR count). The molecule has 0 saturated heterocycles. The second-order valence-corrected chi connectivity index (χ2v) is 9.31. The number of aromatic nitrogens is 3. The van der Waals surface area contributed by atoms with Gasteiger partial charge in [-0.1, -0.05) is 18.2 Å². The standard InChI is InChI=1S/C25H29FN6O3/c1-25(2)22-18(23(30-29-22)28-21(33)13-16-8-10-17(26)11-9-16)14-32(25)24(34)35-20(15-31(3)4)19-7-5-6-12-27-19/h5-12,20H,13-15H2,1-4H3,(H2,28,29,30,33). The predicted octanol–water partition coefficient (Wildman–Crippen LogP) is 3.62. The fourth-order valence-electron chi connectivity index (χ4n) is 4.15. The van der Waals surface area contributed by atoms with Crippen molar-refractivity contribution in [3.8, 4) is 0 Å². The monoisotopic (exact) mass is 480 g/mol. The molecule has 2 aromatic heterocycles. The average molecular weight is 481 g/mol. The van der Waals surface area contributed by atoms with Crippen LogP contribution >= 0.6 is 0 Å². The summed E-state index contributed by atoms with van der Waals surface area (Å²) in [5.41, 5.74) is 2.07. The Morgan fingerprint density at radius 3 is 2.63 bits per heavy atom. The number of nitrogens with one attached hydrogen (secondary N) is 2. The molecule has 2 N–H and O–H groups in total. The van der Waals surface area contributed by atoms with E-state index < -0.39 is 17.7 Å². The van der Waals surface area contributed by atoms with E-state index >= 15 is 0 Å². The molecule has 0 saturated carbocycles. The lowest BCUT2D eigenvalue weighted by atomic mass is 10.0. The predicted molar refractivity (Wildman–Crippen MR) is 128 cm³/mol. The van der Waals surface area contributed by atoms with Crippen molar-refractivity contribution >= 4 is 17.8 Å². The Balaban J connectivity index is 1.47. The molecule has 0 radical (unpaired) electrons. The Hall–Kier alpha value is -3.79. The Labute approximate surface area is 203 Å². The smallest absolute Gasteiger partial charge is 0.411 e. The van der Waals surface area contributed by atoms with Crippen molar-refractivity contribution in [2.75, 3.05) is 26.0 Å². The number of anilines is 1. The van der Waals surface area contributed by atoms with Crippen molar-refractivity contribution in [2.45, 2.75) is 38.5 Å². The summed E-state index contributed by atoms with van der Waals surface area (Å²) in [6.07, 6.45) is 0.721. The summed E-state index contributed by atoms with van der Waals surface area (Å²) >= 11 is 0. The summed E-state index contributed by atoms with van der Waals surface area (Å²) < 4.78 is 19.0. The third-order valence-corrected chi connectivity index (χ3v) is 6.02. The average Bonchev–Trinajstić information content (AvgIpc) is 3.33. The van der Waals surface area contributed by atoms with Crippen LogP contribution in [0.15, 0.2) is 48.7 Å². The van der Waals surface area contributed by atoms with Crippen molar-refractivity contribution in [2.24, 2.45) is 0 Å². The van der Waals surface area contributed by atoms with E-state index in [0.717, 1.165) is 11.3 Å². The molecule has 0 bridgehead atoms. The number of aromatic amines is 1. The summed E-state index contributed by atoms with van der Waals surface area (Å²) in [4.78, 5) is 33.8. The normalized spacial score (nSPS) is 15.1. The molecule has 184 valence electrons. The van der Waals surface area contributed by atoms with Gasteiger partial charge in [0.15, 0.2) is 11.9 Å². The summed E-state index contributed by atoms with van der Waals surface area (Å²) in [7, 11) is 3.81. The Morgan fingerprint density at radius 2 is 1.97 bits per heavy atom. The van der Waals surface area contributed by atoms with Gasteiger partial charge in [0.05, 0.1) is 29.9 Å². The number of halogens is 1. The minimum atomic E-state index is -0.730. The molecule has 0 fully saturated rings. The van der Waals surface area contributed by atoms with E-state index in [4.69, 9.17) is 4.74 Å². The number of rotatable bonds is 7. The number of nitrogens with zero attached hydrogens (tertiary/aromatic N) is 4. The summed E-state index contributed by atoms with van der Waals surface area (Å²) in [6.45, 7) is 4.49. The third kappa shape index (κ3) is 5.32. The van der Waals surface area contributed by atoms with Gasteiger partial charge in [0.2, 0.25) is 5.91 Å². The Morgan fingerprint density at radius 1 is 1.23 bits per heavy atom. The van der Waals surface area contributed by atoms with Crippen molar-refractivity contribution < 1.29 is 18.7 Å². The summed E-state index contributed by atoms with van der Waals surface area (Å²) in [6, 6.07) is 11.3. The molecule has 1 aromatic carbocycles. The minimum absolute atomic E-state index is 0.0767. The van der Waals surface area contributed by atoms with Crippen molar-refractivity contribution in [3.63, 3.8) is 0 Å². The maximum absolute atomic E-state index is 13.3. The lowest BCUT2D eigenvalue weighted by Gasteiger charge is -2.32. The second-order valence-electron chi connectivity index (χ2n) is 9.31. The maximum Gasteiger partial charge on any atom is 0.411 e. The number of amides is 2. The SMILES string of the molecule is CN(C)CC(OC(=O)N1Cc2c(NC(=O)Cc3ccc(F)cc3)n[nH]c2C1(C)C)c1ccccn1. The highest BCUT2D eigenvalue weighted by atomic mass is 19.1. The molecule has 10 heteroatoms. The van der Waals surface area contributed by atoms with Gasteiger partial charge >= 0.3 is 6.09 Å². The van der Waals surface area contributed by atoms with Gasteiger partial charge in [-0.3, -0.25) is 19.8 Å². The van der Waals surface area contributed by atoms with Crippen molar-refractivity contribution in [3.05, 3.63) is 77.0 Å². The zero-order valence-electron chi connectivity index (χ0n) is 20.2. The number of carbonyl (C=O) groups is 2. The quantitative estimate of drug-likeness (QED) is 0.536. The molecular formula is C25H29FN6O3. The number of hydrogen-bond acceptors (Lipinski definition) is 6. The van der Waals surface area contributed by atoms with Crippen LogP contribution < -0.4 is 5.32 Å². The summed E-state index contributed by atoms with van der Waals surface area (Å²) in [5.74, 6) is -0.277. The molecule has 0 spiro atoms. The Bertz CT molecular complexity index is 1190. The highest BCUT2D eigenvalue weighted by molar-refractivity contribution is 5.92. The highest BCUT2D eigenvalue weighted by Crippen LogP contribution is 2.41. The number of likely N-dealkylation sites (N-methyl/N-ethyl adjacent to an activating group) is 1. The first-order valence-electron chi connectivity index (χ1n) is 11.3. The van der Waals surface area contributed by atoms with Gasteiger partial charge in [-0.05, 0) is 57.8 Å². The van der Waals surface area contributed by atoms with Crippen LogP contribution in [0.3, 0.4) is 0 Å². The Kier molecular flexibility index (Phi) is 6.83. The van der Waals surface area contributed by atoms with Crippen LogP contribution in [0.25, 0.3) is 0 Å². The van der Waals surface area contributed by atoms with Gasteiger partial charge in [-0.2, -0.15) is 5.10 Å².